The minimum Gasteiger partial charge on any atom is -0.490 e. The van der Waals surface area contributed by atoms with E-state index in [9.17, 15) is 49.5 Å². The molecule has 28 nitrogen and oxygen atoms in total. The molecular formula is C97H83N17O11S2. The number of nitrogens with zero attached hydrogens (tertiary/aromatic N) is 16. The molecule has 0 aliphatic carbocycles. The van der Waals surface area contributed by atoms with E-state index in [-0.39, 0.29) is 28.9 Å². The van der Waals surface area contributed by atoms with Crippen molar-refractivity contribution in [3.63, 3.8) is 0 Å². The van der Waals surface area contributed by atoms with Gasteiger partial charge in [-0.25, -0.2) is 44.4 Å². The predicted molar refractivity (Wildman–Crippen MR) is 492 cm³/mol. The Balaban J connectivity index is 0.0000000967. The van der Waals surface area contributed by atoms with Gasteiger partial charge in [0.15, 0.2) is 28.0 Å². The number of carbonyl (C=O) groups is 5. The first kappa shape index (κ1) is 80.2. The van der Waals surface area contributed by atoms with E-state index in [4.69, 9.17) is 4.74 Å². The van der Waals surface area contributed by atoms with E-state index in [0.29, 0.717) is 157 Å². The number of thiazole rings is 1. The first-order chi connectivity index (χ1) is 61.2. The van der Waals surface area contributed by atoms with Crippen LogP contribution in [0.5, 0.6) is 5.75 Å². The summed E-state index contributed by atoms with van der Waals surface area (Å²) in [6, 6.07) is 53.6. The van der Waals surface area contributed by atoms with E-state index >= 15 is 0 Å². The fourth-order valence-corrected chi connectivity index (χ4v) is 20.2. The van der Waals surface area contributed by atoms with Gasteiger partial charge in [0.25, 0.3) is 0 Å². The van der Waals surface area contributed by atoms with Gasteiger partial charge < -0.3 is 64.5 Å². The fraction of sp³-hybridized carbons (Fsp3) is 0.237. The molecular weight excluding hydrogens is 1640 g/mol. The first-order valence-electron chi connectivity index (χ1n) is 42.0. The zero-order valence-electron chi connectivity index (χ0n) is 69.9. The molecule has 7 aromatic heterocycles. The van der Waals surface area contributed by atoms with Gasteiger partial charge in [-0.15, -0.1) is 22.7 Å². The number of aliphatic hydroxyl groups is 5. The van der Waals surface area contributed by atoms with Crippen molar-refractivity contribution in [3.8, 4) is 5.75 Å². The number of amidine groups is 5. The van der Waals surface area contributed by atoms with Gasteiger partial charge in [0.2, 0.25) is 28.9 Å². The molecule has 11 aliphatic rings. The minimum atomic E-state index is -1.56. The van der Waals surface area contributed by atoms with Crippen molar-refractivity contribution in [3.05, 3.63) is 273 Å². The molecule has 0 bridgehead atoms. The molecule has 0 saturated carbocycles. The van der Waals surface area contributed by atoms with Gasteiger partial charge in [0, 0.05) is 146 Å². The molecule has 14 aromatic rings. The van der Waals surface area contributed by atoms with E-state index in [1.165, 1.54) is 0 Å². The Morgan fingerprint density at radius 3 is 1.34 bits per heavy atom. The van der Waals surface area contributed by atoms with Gasteiger partial charge in [0.05, 0.1) is 90.5 Å². The largest absolute Gasteiger partial charge is 0.490 e. The van der Waals surface area contributed by atoms with Crippen LogP contribution in [0.2, 0.25) is 0 Å². The zero-order valence-corrected chi connectivity index (χ0v) is 71.5. The third-order valence-corrected chi connectivity index (χ3v) is 27.1. The topological polar surface area (TPSA) is 346 Å². The van der Waals surface area contributed by atoms with Crippen LogP contribution in [0.4, 0.5) is 62.6 Å². The van der Waals surface area contributed by atoms with Gasteiger partial charge in [-0.3, -0.25) is 24.0 Å². The number of rotatable bonds is 5. The summed E-state index contributed by atoms with van der Waals surface area (Å²) in [6.07, 6.45) is 12.5. The van der Waals surface area contributed by atoms with Crippen LogP contribution in [-0.2, 0) is 0 Å². The average Bonchev–Trinajstić information content (AvgIpc) is 1.63. The number of aryl methyl sites for hydroxylation is 6. The number of fused-ring (bicyclic) bond motifs is 15. The number of nitrogens with one attached hydrogen (secondary N) is 1. The number of ketones is 5. The van der Waals surface area contributed by atoms with Crippen LogP contribution in [0.3, 0.4) is 0 Å². The van der Waals surface area contributed by atoms with E-state index in [1.54, 1.807) is 76.4 Å². The molecule has 7 aromatic carbocycles. The molecule has 0 amide bonds. The maximum absolute atomic E-state index is 13.0. The van der Waals surface area contributed by atoms with E-state index in [1.807, 2.05) is 234 Å². The van der Waals surface area contributed by atoms with Crippen LogP contribution >= 0.6 is 22.7 Å². The second-order valence-corrected chi connectivity index (χ2v) is 35.9. The molecule has 11 aliphatic heterocycles. The molecule has 634 valence electrons. The number of aliphatic imine (C=N–C) groups is 5. The fourth-order valence-electron chi connectivity index (χ4n) is 18.6. The van der Waals surface area contributed by atoms with E-state index in [0.717, 1.165) is 111 Å². The Kier molecular flexibility index (Phi) is 19.0. The average molecular weight is 1730 g/mol. The lowest BCUT2D eigenvalue weighted by Crippen LogP contribution is -2.48. The van der Waals surface area contributed by atoms with E-state index < -0.39 is 28.0 Å². The number of benzene rings is 7. The Labute approximate surface area is 734 Å². The van der Waals surface area contributed by atoms with Crippen LogP contribution in [0.1, 0.15) is 117 Å². The minimum absolute atomic E-state index is 0.255. The Hall–Kier alpha value is -14.0. The number of ether oxygens (including phenoxy) is 1. The van der Waals surface area contributed by atoms with Crippen molar-refractivity contribution in [2.45, 2.75) is 102 Å². The molecule has 0 unspecified atom stereocenters. The predicted octanol–water partition coefficient (Wildman–Crippen LogP) is 14.9. The lowest BCUT2D eigenvalue weighted by Gasteiger charge is -2.30. The standard InChI is InChI=1S/C20H19N3O3.C20H17N3O2S.2C19H16N4O2.C19H15N3O2S/c1-12-2-4-15-14(10-12)18(24)20(25)6-8-23(19(20)22-15)13-3-5-16-17(11-13)26-9-7-21-16;1-11-3-5-15-14(9-11)18(24)20(25)7-8-23(19(20)22-15)13-4-6-17-16(10-13)21-12(2)26-17;1-12-2-5-16-15(8-12)17(24)19(25)6-7-23(18(19)21-16)14-4-3-13-9-20-11-22(13)10-14;1-12-2-3-16-15(10-12)17(24)19(25)6-9-22(18(19)21-16)13-5-8-23-14(11-13)4-7-20-23;1-11-2-3-15-14(8-11)16(23)19(24)5-6-22(18(19)21-15)13-9-12-4-7-25-17(12)20-10-13/h2-5,10-11,21,25H,6-9H2,1H3;3-6,9-10,25H,7-8H2,1-2H3;2-5,8-11,25H,6-7H2,1H3;2-5,7-8,10-11,25H,6,9H2,1H3;2-4,7-10,24H,5-6H2,1H3/t2*20-;3*19-/m11111/s1. The summed E-state index contributed by atoms with van der Waals surface area (Å²) in [5.41, 5.74) is 11.0. The summed E-state index contributed by atoms with van der Waals surface area (Å²) in [6.45, 7) is 15.7. The lowest BCUT2D eigenvalue weighted by molar-refractivity contribution is 0.0600. The van der Waals surface area contributed by atoms with E-state index in [2.05, 4.69) is 50.3 Å². The van der Waals surface area contributed by atoms with Gasteiger partial charge >= 0.3 is 0 Å². The number of Topliss-reactive ketones (excluding diaryl/α,β-unsaturated/α-hetero) is 5. The van der Waals surface area contributed by atoms with Gasteiger partial charge in [0.1, 0.15) is 46.4 Å². The second-order valence-electron chi connectivity index (χ2n) is 33.8. The van der Waals surface area contributed by atoms with Crippen molar-refractivity contribution < 1.29 is 54.2 Å². The molecule has 0 radical (unpaired) electrons. The van der Waals surface area contributed by atoms with Gasteiger partial charge in [-0.2, -0.15) is 5.10 Å². The van der Waals surface area contributed by atoms with Crippen molar-refractivity contribution in [1.82, 2.24) is 29.0 Å². The molecule has 25 rings (SSSR count). The monoisotopic (exact) mass is 1730 g/mol. The Morgan fingerprint density at radius 2 is 0.858 bits per heavy atom. The van der Waals surface area contributed by atoms with Crippen LogP contribution in [0.25, 0.3) is 31.5 Å². The summed E-state index contributed by atoms with van der Waals surface area (Å²) >= 11 is 3.24. The Bertz CT molecular complexity index is 6860. The van der Waals surface area contributed by atoms with Crippen molar-refractivity contribution in [1.29, 1.82) is 0 Å². The number of anilines is 6. The van der Waals surface area contributed by atoms with Crippen molar-refractivity contribution >= 4 is 175 Å². The normalized spacial score (nSPS) is 22.3. The number of carbonyl (C=O) groups excluding carboxylic acids is 5. The Morgan fingerprint density at radius 1 is 0.425 bits per heavy atom. The molecule has 5 atom stereocenters. The second kappa shape index (κ2) is 30.1. The molecule has 5 fully saturated rings. The molecule has 5 saturated heterocycles. The maximum atomic E-state index is 13.0. The third-order valence-electron chi connectivity index (χ3n) is 25.4. The highest BCUT2D eigenvalue weighted by atomic mass is 32.1. The summed E-state index contributed by atoms with van der Waals surface area (Å²) in [7, 11) is 0. The van der Waals surface area contributed by atoms with Crippen molar-refractivity contribution in [2.24, 2.45) is 25.0 Å². The number of imidazole rings is 1. The van der Waals surface area contributed by atoms with Crippen LogP contribution in [-0.4, -0.2) is 186 Å². The molecule has 0 spiro atoms. The number of thiophene rings is 1. The van der Waals surface area contributed by atoms with Gasteiger partial charge in [-0.05, 0) is 180 Å². The van der Waals surface area contributed by atoms with Gasteiger partial charge in [-0.1, -0.05) is 58.1 Å². The SMILES string of the molecule is Cc1ccc2c(c1)C(=O)[C@]1(O)CCN(c3ccc4c(c3)OCCN4)C1=N2.Cc1ccc2c(c1)C(=O)[C@]1(O)CCN(c3ccc4cncn4c3)C1=N2.Cc1ccc2c(c1)C(=O)[C@]1(O)CCN(c3ccc4sc(C)nc4c3)C1=N2.Cc1ccc2c(c1)C(=O)[C@]1(O)CCN(c3ccn4nccc4c3)C1=N2.Cc1ccc2c(c1)C(=O)[C@]1(O)CCN(c3cnc4sccc4c3)C1=N2. The first-order valence-corrected chi connectivity index (χ1v) is 43.7. The smallest absolute Gasteiger partial charge is 0.204 e. The number of hydrogen-bond acceptors (Lipinski definition) is 28. The number of hydrogen-bond donors (Lipinski definition) is 6. The van der Waals surface area contributed by atoms with Crippen molar-refractivity contribution in [2.75, 3.05) is 75.7 Å². The summed E-state index contributed by atoms with van der Waals surface area (Å²) in [5.74, 6) is 1.54. The highest BCUT2D eigenvalue weighted by Crippen LogP contribution is 2.48. The number of aromatic nitrogens is 6. The third kappa shape index (κ3) is 13.3. The molecule has 6 N–H and O–H groups in total. The molecule has 30 heteroatoms. The number of pyridine rings is 3. The van der Waals surface area contributed by atoms with Crippen LogP contribution < -0.4 is 34.6 Å². The van der Waals surface area contributed by atoms with Crippen LogP contribution in [0.15, 0.2) is 238 Å². The zero-order chi connectivity index (χ0) is 87.5. The summed E-state index contributed by atoms with van der Waals surface area (Å²) < 4.78 is 10.5. The highest BCUT2D eigenvalue weighted by molar-refractivity contribution is 7.18. The quantitative estimate of drug-likeness (QED) is 0.0932. The molecule has 127 heavy (non-hydrogen) atoms. The summed E-state index contributed by atoms with van der Waals surface area (Å²) in [5, 5.41) is 67.1. The highest BCUT2D eigenvalue weighted by Gasteiger charge is 2.58. The lowest BCUT2D eigenvalue weighted by atomic mass is 9.87. The molecule has 18 heterocycles. The maximum Gasteiger partial charge on any atom is 0.204 e. The summed E-state index contributed by atoms with van der Waals surface area (Å²) in [4.78, 5) is 112. The van der Waals surface area contributed by atoms with Crippen LogP contribution in [0, 0.1) is 41.5 Å².